The van der Waals surface area contributed by atoms with Gasteiger partial charge in [-0.3, -0.25) is 9.69 Å². The molecule has 0 spiro atoms. The summed E-state index contributed by atoms with van der Waals surface area (Å²) in [5.41, 5.74) is -0.995. The molecule has 0 aliphatic heterocycles. The third-order valence-corrected chi connectivity index (χ3v) is 4.05. The Morgan fingerprint density at radius 1 is 1.24 bits per heavy atom. The first-order valence-electron chi connectivity index (χ1n) is 5.92. The average Bonchev–Trinajstić information content (AvgIpc) is 2.04. The van der Waals surface area contributed by atoms with Gasteiger partial charge < -0.3 is 10.4 Å². The number of carboxylic acid groups (broad SMARTS) is 1. The van der Waals surface area contributed by atoms with E-state index < -0.39 is 11.6 Å². The van der Waals surface area contributed by atoms with Gasteiger partial charge >= 0.3 is 6.09 Å². The second-order valence-electron chi connectivity index (χ2n) is 6.40. The van der Waals surface area contributed by atoms with Crippen molar-refractivity contribution in [3.05, 3.63) is 0 Å². The maximum atomic E-state index is 11.7. The summed E-state index contributed by atoms with van der Waals surface area (Å²) >= 11 is 0. The highest BCUT2D eigenvalue weighted by Crippen LogP contribution is 2.70. The normalized spacial score (nSPS) is 34.4. The van der Waals surface area contributed by atoms with E-state index in [4.69, 9.17) is 0 Å². The standard InChI is InChI=1S/C12H20N2O3/c1-10(2,3)14(9(16)17)12-5-11(6-12,7-12)8(15)13-4/h5-7H2,1-4H3,(H,13,15)(H,16,17). The summed E-state index contributed by atoms with van der Waals surface area (Å²) in [5, 5.41) is 12.0. The van der Waals surface area contributed by atoms with Crippen molar-refractivity contribution >= 4 is 12.0 Å². The van der Waals surface area contributed by atoms with E-state index in [1.165, 1.54) is 4.90 Å². The first-order chi connectivity index (χ1) is 7.67. The maximum Gasteiger partial charge on any atom is 0.408 e. The summed E-state index contributed by atoms with van der Waals surface area (Å²) < 4.78 is 0. The van der Waals surface area contributed by atoms with Gasteiger partial charge in [-0.05, 0) is 40.0 Å². The molecule has 3 rings (SSSR count). The number of hydrogen-bond donors (Lipinski definition) is 2. The molecule has 3 aliphatic carbocycles. The number of carbonyl (C=O) groups is 2. The second kappa shape index (κ2) is 3.15. The smallest absolute Gasteiger partial charge is 0.408 e. The van der Waals surface area contributed by atoms with Gasteiger partial charge in [-0.2, -0.15) is 0 Å². The van der Waals surface area contributed by atoms with E-state index >= 15 is 0 Å². The van der Waals surface area contributed by atoms with Gasteiger partial charge in [0.25, 0.3) is 0 Å². The van der Waals surface area contributed by atoms with Crippen LogP contribution in [0, 0.1) is 5.41 Å². The fourth-order valence-corrected chi connectivity index (χ4v) is 3.68. The molecule has 3 aliphatic rings. The van der Waals surface area contributed by atoms with Gasteiger partial charge in [0.05, 0.1) is 5.41 Å². The minimum atomic E-state index is -0.886. The van der Waals surface area contributed by atoms with E-state index in [0.717, 1.165) is 0 Å². The highest BCUT2D eigenvalue weighted by molar-refractivity contribution is 5.87. The molecule has 0 saturated heterocycles. The average molecular weight is 240 g/mol. The zero-order valence-electron chi connectivity index (χ0n) is 10.8. The highest BCUT2D eigenvalue weighted by atomic mass is 16.4. The number of carbonyl (C=O) groups excluding carboxylic acids is 1. The van der Waals surface area contributed by atoms with Crippen LogP contribution in [0.1, 0.15) is 40.0 Å². The van der Waals surface area contributed by atoms with Crippen molar-refractivity contribution in [1.82, 2.24) is 10.2 Å². The predicted molar refractivity (Wildman–Crippen MR) is 62.7 cm³/mol. The van der Waals surface area contributed by atoms with E-state index in [1.54, 1.807) is 7.05 Å². The number of amides is 2. The Morgan fingerprint density at radius 3 is 2.00 bits per heavy atom. The lowest BCUT2D eigenvalue weighted by atomic mass is 9.38. The molecule has 2 bridgehead atoms. The maximum absolute atomic E-state index is 11.7. The molecule has 96 valence electrons. The minimum absolute atomic E-state index is 0.0543. The van der Waals surface area contributed by atoms with Gasteiger partial charge in [-0.1, -0.05) is 0 Å². The van der Waals surface area contributed by atoms with E-state index in [9.17, 15) is 14.7 Å². The lowest BCUT2D eigenvalue weighted by molar-refractivity contribution is -0.223. The van der Waals surface area contributed by atoms with Crippen molar-refractivity contribution in [3.8, 4) is 0 Å². The summed E-state index contributed by atoms with van der Waals surface area (Å²) in [6, 6.07) is 0. The monoisotopic (exact) mass is 240 g/mol. The quantitative estimate of drug-likeness (QED) is 0.767. The van der Waals surface area contributed by atoms with E-state index in [-0.39, 0.29) is 16.9 Å². The third-order valence-electron chi connectivity index (χ3n) is 4.05. The molecule has 0 aromatic heterocycles. The molecule has 5 heteroatoms. The zero-order valence-corrected chi connectivity index (χ0v) is 10.8. The van der Waals surface area contributed by atoms with Crippen molar-refractivity contribution in [1.29, 1.82) is 0 Å². The molecule has 2 N–H and O–H groups in total. The van der Waals surface area contributed by atoms with Crippen molar-refractivity contribution in [2.75, 3.05) is 7.05 Å². The SMILES string of the molecule is CNC(=O)C12CC(N(C(=O)O)C(C)(C)C)(C1)C2. The summed E-state index contributed by atoms with van der Waals surface area (Å²) in [6.07, 6.45) is 1.12. The molecule has 0 unspecified atom stereocenters. The molecule has 3 saturated carbocycles. The Bertz CT molecular complexity index is 364. The van der Waals surface area contributed by atoms with Crippen LogP contribution >= 0.6 is 0 Å². The van der Waals surface area contributed by atoms with Crippen LogP contribution in [0.25, 0.3) is 0 Å². The van der Waals surface area contributed by atoms with Crippen LogP contribution in [0.15, 0.2) is 0 Å². The Morgan fingerprint density at radius 2 is 1.71 bits per heavy atom. The van der Waals surface area contributed by atoms with Gasteiger partial charge in [0.1, 0.15) is 0 Å². The zero-order chi connectivity index (χ0) is 13.1. The van der Waals surface area contributed by atoms with Crippen LogP contribution in [0.5, 0.6) is 0 Å². The van der Waals surface area contributed by atoms with E-state index in [0.29, 0.717) is 19.3 Å². The Hall–Kier alpha value is -1.26. The topological polar surface area (TPSA) is 69.6 Å². The molecule has 0 aromatic carbocycles. The summed E-state index contributed by atoms with van der Waals surface area (Å²) in [7, 11) is 1.63. The van der Waals surface area contributed by atoms with Crippen molar-refractivity contribution in [2.24, 2.45) is 5.41 Å². The molecule has 0 atom stereocenters. The molecule has 0 aromatic rings. The third kappa shape index (κ3) is 1.44. The summed E-state index contributed by atoms with van der Waals surface area (Å²) in [4.78, 5) is 24.6. The molecule has 3 fully saturated rings. The first-order valence-corrected chi connectivity index (χ1v) is 5.92. The minimum Gasteiger partial charge on any atom is -0.465 e. The molecule has 0 radical (unpaired) electrons. The van der Waals surface area contributed by atoms with Crippen molar-refractivity contribution < 1.29 is 14.7 Å². The lowest BCUT2D eigenvalue weighted by Gasteiger charge is -2.73. The van der Waals surface area contributed by atoms with Crippen LogP contribution in [0.3, 0.4) is 0 Å². The van der Waals surface area contributed by atoms with Crippen molar-refractivity contribution in [2.45, 2.75) is 51.1 Å². The van der Waals surface area contributed by atoms with Crippen LogP contribution < -0.4 is 5.32 Å². The Kier molecular flexibility index (Phi) is 2.26. The van der Waals surface area contributed by atoms with Crippen LogP contribution in [-0.4, -0.2) is 40.1 Å². The lowest BCUT2D eigenvalue weighted by Crippen LogP contribution is -2.81. The summed E-state index contributed by atoms with van der Waals surface area (Å²) in [5.74, 6) is 0.0543. The van der Waals surface area contributed by atoms with Crippen LogP contribution in [0.4, 0.5) is 4.79 Å². The van der Waals surface area contributed by atoms with Gasteiger partial charge in [0.2, 0.25) is 5.91 Å². The fourth-order valence-electron chi connectivity index (χ4n) is 3.68. The number of nitrogens with zero attached hydrogens (tertiary/aromatic N) is 1. The van der Waals surface area contributed by atoms with Gasteiger partial charge in [0.15, 0.2) is 0 Å². The Labute approximate surface area is 101 Å². The number of rotatable bonds is 2. The number of hydrogen-bond acceptors (Lipinski definition) is 2. The van der Waals surface area contributed by atoms with Gasteiger partial charge in [-0.15, -0.1) is 0 Å². The van der Waals surface area contributed by atoms with E-state index in [2.05, 4.69) is 5.32 Å². The fraction of sp³-hybridized carbons (Fsp3) is 0.833. The summed E-state index contributed by atoms with van der Waals surface area (Å²) in [6.45, 7) is 5.69. The largest absolute Gasteiger partial charge is 0.465 e. The van der Waals surface area contributed by atoms with Crippen LogP contribution in [0.2, 0.25) is 0 Å². The van der Waals surface area contributed by atoms with Crippen LogP contribution in [-0.2, 0) is 4.79 Å². The molecular formula is C12H20N2O3. The molecule has 5 nitrogen and oxygen atoms in total. The molecule has 17 heavy (non-hydrogen) atoms. The molecule has 0 heterocycles. The van der Waals surface area contributed by atoms with Gasteiger partial charge in [0, 0.05) is 18.1 Å². The van der Waals surface area contributed by atoms with E-state index in [1.807, 2.05) is 20.8 Å². The number of nitrogens with one attached hydrogen (secondary N) is 1. The first kappa shape index (κ1) is 12.2. The predicted octanol–water partition coefficient (Wildman–Crippen LogP) is 1.43. The second-order valence-corrected chi connectivity index (χ2v) is 6.40. The van der Waals surface area contributed by atoms with Gasteiger partial charge in [-0.25, -0.2) is 4.79 Å². The Balaban J connectivity index is 2.13. The molecular weight excluding hydrogens is 220 g/mol. The molecule has 2 amide bonds. The van der Waals surface area contributed by atoms with Crippen molar-refractivity contribution in [3.63, 3.8) is 0 Å². The highest BCUT2D eigenvalue weighted by Gasteiger charge is 2.75.